The fourth-order valence-electron chi connectivity index (χ4n) is 2.81. The van der Waals surface area contributed by atoms with Gasteiger partial charge in [0.15, 0.2) is 0 Å². The molecule has 1 aromatic carbocycles. The van der Waals surface area contributed by atoms with Gasteiger partial charge in [0.2, 0.25) is 5.91 Å². The number of aliphatic hydroxyl groups is 1. The van der Waals surface area contributed by atoms with Crippen LogP contribution in [0, 0.1) is 17.2 Å². The Bertz CT molecular complexity index is 663. The Hall–Kier alpha value is -1.97. The third-order valence-corrected chi connectivity index (χ3v) is 5.30. The second-order valence-corrected chi connectivity index (χ2v) is 6.74. The largest absolute Gasteiger partial charge is 0.387 e. The van der Waals surface area contributed by atoms with Crippen LogP contribution in [0.15, 0.2) is 36.0 Å². The highest BCUT2D eigenvalue weighted by molar-refractivity contribution is 8.00. The fraction of sp³-hybridized carbons (Fsp3) is 0.375. The van der Waals surface area contributed by atoms with Gasteiger partial charge >= 0.3 is 0 Å². The number of aliphatic hydroxyl groups excluding tert-OH is 1. The molecule has 1 N–H and O–H groups in total. The zero-order chi connectivity index (χ0) is 15.9. The van der Waals surface area contributed by atoms with Crippen LogP contribution < -0.4 is 4.90 Å². The lowest BCUT2D eigenvalue weighted by atomic mass is 9.87. The summed E-state index contributed by atoms with van der Waals surface area (Å²) in [5, 5.41) is 19.5. The van der Waals surface area contributed by atoms with E-state index in [-0.39, 0.29) is 11.3 Å². The number of β-lactam (4-membered cyclic amide) rings is 1. The first-order valence-electron chi connectivity index (χ1n) is 7.05. The second-order valence-electron chi connectivity index (χ2n) is 5.59. The maximum absolute atomic E-state index is 12.3. The van der Waals surface area contributed by atoms with Gasteiger partial charge in [0.05, 0.1) is 17.4 Å². The fourth-order valence-corrected chi connectivity index (χ4v) is 4.10. The van der Waals surface area contributed by atoms with Gasteiger partial charge in [0.25, 0.3) is 0 Å². The average molecular weight is 315 g/mol. The molecular formula is C16H17N3O2S. The molecule has 1 aromatic rings. The number of nitrogens with zero attached hydrogens (tertiary/aromatic N) is 3. The van der Waals surface area contributed by atoms with E-state index in [4.69, 9.17) is 5.26 Å². The van der Waals surface area contributed by atoms with Crippen LogP contribution in [0.5, 0.6) is 0 Å². The monoisotopic (exact) mass is 315 g/mol. The molecule has 1 saturated heterocycles. The number of amides is 1. The molecule has 3 rings (SSSR count). The van der Waals surface area contributed by atoms with Crippen LogP contribution in [0.1, 0.15) is 11.7 Å². The Kier molecular flexibility index (Phi) is 3.85. The third-order valence-electron chi connectivity index (χ3n) is 4.09. The minimum Gasteiger partial charge on any atom is -0.387 e. The quantitative estimate of drug-likeness (QED) is 0.860. The van der Waals surface area contributed by atoms with E-state index >= 15 is 0 Å². The molecule has 1 fully saturated rings. The topological polar surface area (TPSA) is 67.6 Å². The van der Waals surface area contributed by atoms with Gasteiger partial charge in [-0.1, -0.05) is 12.1 Å². The molecule has 2 aliphatic rings. The lowest BCUT2D eigenvalue weighted by Crippen LogP contribution is -2.61. The molecule has 2 aliphatic heterocycles. The number of allylic oxidation sites excluding steroid dienone is 1. The van der Waals surface area contributed by atoms with Crippen molar-refractivity contribution in [2.24, 2.45) is 5.92 Å². The van der Waals surface area contributed by atoms with Gasteiger partial charge in [-0.05, 0) is 23.8 Å². The zero-order valence-corrected chi connectivity index (χ0v) is 13.2. The minimum atomic E-state index is -0.837. The van der Waals surface area contributed by atoms with Crippen molar-refractivity contribution in [1.29, 1.82) is 5.26 Å². The lowest BCUT2D eigenvalue weighted by molar-refractivity contribution is -0.153. The molecule has 0 saturated carbocycles. The van der Waals surface area contributed by atoms with E-state index < -0.39 is 12.0 Å². The SMILES string of the molecule is CN(C)c1ccc(C(O)[C@H]2C(=O)N3C(C#N)=CCS[C@@H]23)cc1. The number of anilines is 1. The molecule has 0 aromatic heterocycles. The number of hydrogen-bond donors (Lipinski definition) is 1. The molecule has 2 heterocycles. The molecule has 3 atom stereocenters. The van der Waals surface area contributed by atoms with Gasteiger partial charge in [-0.3, -0.25) is 9.69 Å². The third kappa shape index (κ3) is 2.27. The number of carbonyl (C=O) groups is 1. The summed E-state index contributed by atoms with van der Waals surface area (Å²) in [7, 11) is 3.90. The number of nitriles is 1. The number of carbonyl (C=O) groups excluding carboxylic acids is 1. The van der Waals surface area contributed by atoms with Crippen LogP contribution in [0.4, 0.5) is 5.69 Å². The van der Waals surface area contributed by atoms with Gasteiger partial charge in [-0.25, -0.2) is 0 Å². The number of benzene rings is 1. The molecule has 1 unspecified atom stereocenters. The van der Waals surface area contributed by atoms with Crippen LogP contribution in [-0.4, -0.2) is 41.1 Å². The molecule has 0 spiro atoms. The molecule has 0 radical (unpaired) electrons. The first-order chi connectivity index (χ1) is 10.5. The summed E-state index contributed by atoms with van der Waals surface area (Å²) in [6, 6.07) is 9.60. The molecule has 1 amide bonds. The Morgan fingerprint density at radius 1 is 1.41 bits per heavy atom. The highest BCUT2D eigenvalue weighted by Crippen LogP contribution is 2.46. The Balaban J connectivity index is 1.79. The predicted molar refractivity (Wildman–Crippen MR) is 86.0 cm³/mol. The Morgan fingerprint density at radius 3 is 2.68 bits per heavy atom. The van der Waals surface area contributed by atoms with Crippen molar-refractivity contribution < 1.29 is 9.90 Å². The molecule has 0 bridgehead atoms. The van der Waals surface area contributed by atoms with E-state index in [2.05, 4.69) is 6.07 Å². The van der Waals surface area contributed by atoms with E-state index in [1.165, 1.54) is 4.90 Å². The Labute approximate surface area is 133 Å². The van der Waals surface area contributed by atoms with Crippen molar-refractivity contribution in [3.63, 3.8) is 0 Å². The lowest BCUT2D eigenvalue weighted by Gasteiger charge is -2.49. The van der Waals surface area contributed by atoms with E-state index in [1.807, 2.05) is 43.3 Å². The van der Waals surface area contributed by atoms with Crippen molar-refractivity contribution in [2.75, 3.05) is 24.7 Å². The molecule has 0 aliphatic carbocycles. The summed E-state index contributed by atoms with van der Waals surface area (Å²) in [6.07, 6.45) is 0.920. The summed E-state index contributed by atoms with van der Waals surface area (Å²) in [4.78, 5) is 15.8. The number of fused-ring (bicyclic) bond motifs is 1. The van der Waals surface area contributed by atoms with E-state index in [9.17, 15) is 9.90 Å². The second kappa shape index (κ2) is 5.67. The zero-order valence-electron chi connectivity index (χ0n) is 12.4. The van der Waals surface area contributed by atoms with Gasteiger partial charge in [-0.2, -0.15) is 5.26 Å². The normalized spacial score (nSPS) is 24.7. The maximum Gasteiger partial charge on any atom is 0.237 e. The highest BCUT2D eigenvalue weighted by atomic mass is 32.2. The van der Waals surface area contributed by atoms with Crippen molar-refractivity contribution in [2.45, 2.75) is 11.5 Å². The summed E-state index contributed by atoms with van der Waals surface area (Å²) >= 11 is 1.58. The van der Waals surface area contributed by atoms with Gasteiger partial charge in [0.1, 0.15) is 11.8 Å². The number of rotatable bonds is 3. The van der Waals surface area contributed by atoms with E-state index in [0.29, 0.717) is 11.4 Å². The summed E-state index contributed by atoms with van der Waals surface area (Å²) in [5.41, 5.74) is 2.18. The van der Waals surface area contributed by atoms with Crippen LogP contribution in [0.2, 0.25) is 0 Å². The van der Waals surface area contributed by atoms with Crippen molar-refractivity contribution in [1.82, 2.24) is 4.90 Å². The predicted octanol–water partition coefficient (Wildman–Crippen LogP) is 1.72. The molecule has 22 heavy (non-hydrogen) atoms. The standard InChI is InChI=1S/C16H17N3O2S/c1-18(2)11-5-3-10(4-6-11)14(20)13-15(21)19-12(9-17)7-8-22-16(13)19/h3-7,13-14,16,20H,8H2,1-2H3/t13-,14?,16-/m0/s1. The van der Waals surface area contributed by atoms with Crippen LogP contribution in [0.25, 0.3) is 0 Å². The smallest absolute Gasteiger partial charge is 0.237 e. The van der Waals surface area contributed by atoms with Gasteiger partial charge in [-0.15, -0.1) is 11.8 Å². The van der Waals surface area contributed by atoms with Crippen LogP contribution in [-0.2, 0) is 4.79 Å². The van der Waals surface area contributed by atoms with Crippen molar-refractivity contribution in [3.05, 3.63) is 41.6 Å². The van der Waals surface area contributed by atoms with E-state index in [0.717, 1.165) is 11.3 Å². The maximum atomic E-state index is 12.3. The van der Waals surface area contributed by atoms with E-state index in [1.54, 1.807) is 17.8 Å². The molecule has 6 heteroatoms. The minimum absolute atomic E-state index is 0.143. The molecule has 114 valence electrons. The van der Waals surface area contributed by atoms with Gasteiger partial charge in [0, 0.05) is 25.5 Å². The van der Waals surface area contributed by atoms with Crippen molar-refractivity contribution in [3.8, 4) is 6.07 Å². The van der Waals surface area contributed by atoms with Crippen molar-refractivity contribution >= 4 is 23.4 Å². The average Bonchev–Trinajstić information content (AvgIpc) is 2.53. The summed E-state index contributed by atoms with van der Waals surface area (Å²) in [6.45, 7) is 0. The first-order valence-corrected chi connectivity index (χ1v) is 8.09. The number of thioether (sulfide) groups is 1. The van der Waals surface area contributed by atoms with Crippen LogP contribution in [0.3, 0.4) is 0 Å². The van der Waals surface area contributed by atoms with Crippen LogP contribution >= 0.6 is 11.8 Å². The summed E-state index contributed by atoms with van der Waals surface area (Å²) < 4.78 is 0. The molecule has 5 nitrogen and oxygen atoms in total. The summed E-state index contributed by atoms with van der Waals surface area (Å²) in [5.74, 6) is 0.0431. The van der Waals surface area contributed by atoms with Gasteiger partial charge < -0.3 is 10.0 Å². The first kappa shape index (κ1) is 14.9. The molecular weight excluding hydrogens is 298 g/mol. The highest BCUT2D eigenvalue weighted by Gasteiger charge is 2.54. The Morgan fingerprint density at radius 2 is 2.09 bits per heavy atom. The number of hydrogen-bond acceptors (Lipinski definition) is 5.